The smallest absolute Gasteiger partial charge is 0.119 e. The van der Waals surface area contributed by atoms with Crippen LogP contribution < -0.4 is 4.74 Å². The summed E-state index contributed by atoms with van der Waals surface area (Å²) in [7, 11) is 2.25. The second-order valence-electron chi connectivity index (χ2n) is 7.41. The molecule has 0 radical (unpaired) electrons. The molecular weight excluding hydrogens is 389 g/mol. The Morgan fingerprint density at radius 3 is 2.50 bits per heavy atom. The molecule has 2 heterocycles. The van der Waals surface area contributed by atoms with E-state index in [1.54, 1.807) is 0 Å². The highest BCUT2D eigenvalue weighted by molar-refractivity contribution is 6.42. The third-order valence-electron chi connectivity index (χ3n) is 6.06. The summed E-state index contributed by atoms with van der Waals surface area (Å²) in [4.78, 5) is 2.55. The van der Waals surface area contributed by atoms with Gasteiger partial charge < -0.3 is 9.64 Å². The normalized spacial score (nSPS) is 28.3. The standard InChI is InChI=1S/C21H22Cl3NO/c1-25-15-5-9-21(25)18(12-26-16-6-3-14(22)4-7-16)17(11-15)13-2-8-19(23)20(24)10-13/h2-4,6-8,10,15,17-18,21H,5,9,11-12H2,1H3/t15-,17+,18+,21+/m1/s1. The Morgan fingerprint density at radius 1 is 1.00 bits per heavy atom. The summed E-state index contributed by atoms with van der Waals surface area (Å²) >= 11 is 18.4. The van der Waals surface area contributed by atoms with E-state index in [1.165, 1.54) is 18.4 Å². The van der Waals surface area contributed by atoms with Gasteiger partial charge in [0.15, 0.2) is 0 Å². The first kappa shape index (κ1) is 18.4. The second kappa shape index (κ2) is 7.59. The summed E-state index contributed by atoms with van der Waals surface area (Å²) in [5.74, 6) is 1.72. The number of rotatable bonds is 4. The van der Waals surface area contributed by atoms with Crippen molar-refractivity contribution in [1.82, 2.24) is 4.90 Å². The van der Waals surface area contributed by atoms with Gasteiger partial charge in [-0.2, -0.15) is 0 Å². The second-order valence-corrected chi connectivity index (χ2v) is 8.66. The fourth-order valence-electron chi connectivity index (χ4n) is 4.65. The quantitative estimate of drug-likeness (QED) is 0.587. The highest BCUT2D eigenvalue weighted by Gasteiger charge is 2.46. The van der Waals surface area contributed by atoms with Gasteiger partial charge in [0.2, 0.25) is 0 Å². The number of piperidine rings is 1. The average molecular weight is 411 g/mol. The number of fused-ring (bicyclic) bond motifs is 2. The van der Waals surface area contributed by atoms with E-state index >= 15 is 0 Å². The minimum atomic E-state index is 0.423. The highest BCUT2D eigenvalue weighted by atomic mass is 35.5. The van der Waals surface area contributed by atoms with Crippen LogP contribution in [0.1, 0.15) is 30.7 Å². The van der Waals surface area contributed by atoms with E-state index in [1.807, 2.05) is 36.4 Å². The molecule has 138 valence electrons. The lowest BCUT2D eigenvalue weighted by Gasteiger charge is -2.43. The minimum absolute atomic E-state index is 0.423. The zero-order valence-electron chi connectivity index (χ0n) is 14.7. The van der Waals surface area contributed by atoms with Gasteiger partial charge in [-0.05, 0) is 74.2 Å². The molecule has 0 spiro atoms. The maximum atomic E-state index is 6.30. The van der Waals surface area contributed by atoms with Crippen LogP contribution in [0.5, 0.6) is 5.75 Å². The number of benzene rings is 2. The van der Waals surface area contributed by atoms with Gasteiger partial charge >= 0.3 is 0 Å². The van der Waals surface area contributed by atoms with Crippen molar-refractivity contribution in [3.05, 3.63) is 63.1 Å². The van der Waals surface area contributed by atoms with Crippen LogP contribution in [0.2, 0.25) is 15.1 Å². The Morgan fingerprint density at radius 2 is 1.77 bits per heavy atom. The van der Waals surface area contributed by atoms with Crippen LogP contribution in [0.4, 0.5) is 0 Å². The Balaban J connectivity index is 1.58. The van der Waals surface area contributed by atoms with Gasteiger partial charge in [0.25, 0.3) is 0 Å². The lowest BCUT2D eigenvalue weighted by atomic mass is 9.76. The van der Waals surface area contributed by atoms with Crippen molar-refractivity contribution in [1.29, 1.82) is 0 Å². The Labute approximate surface area is 170 Å². The molecule has 0 unspecified atom stereocenters. The zero-order chi connectivity index (χ0) is 18.3. The number of hydrogen-bond donors (Lipinski definition) is 0. The molecule has 2 aromatic carbocycles. The van der Waals surface area contributed by atoms with Crippen molar-refractivity contribution in [3.63, 3.8) is 0 Å². The number of halogens is 3. The van der Waals surface area contributed by atoms with Gasteiger partial charge in [-0.3, -0.25) is 0 Å². The van der Waals surface area contributed by atoms with Crippen LogP contribution in [0.3, 0.4) is 0 Å². The maximum absolute atomic E-state index is 6.30. The van der Waals surface area contributed by atoms with Gasteiger partial charge in [-0.25, -0.2) is 0 Å². The van der Waals surface area contributed by atoms with Crippen molar-refractivity contribution in [2.75, 3.05) is 13.7 Å². The molecule has 0 aromatic heterocycles. The van der Waals surface area contributed by atoms with E-state index in [-0.39, 0.29) is 0 Å². The number of nitrogens with zero attached hydrogens (tertiary/aromatic N) is 1. The van der Waals surface area contributed by atoms with Gasteiger partial charge in [-0.1, -0.05) is 40.9 Å². The molecule has 26 heavy (non-hydrogen) atoms. The summed E-state index contributed by atoms with van der Waals surface area (Å²) < 4.78 is 6.16. The number of hydrogen-bond acceptors (Lipinski definition) is 2. The van der Waals surface area contributed by atoms with E-state index in [0.717, 1.165) is 17.2 Å². The summed E-state index contributed by atoms with van der Waals surface area (Å²) in [5, 5.41) is 1.97. The average Bonchev–Trinajstić information content (AvgIpc) is 2.88. The third kappa shape index (κ3) is 3.57. The molecule has 2 saturated heterocycles. The molecule has 0 N–H and O–H groups in total. The van der Waals surface area contributed by atoms with Crippen LogP contribution in [0.25, 0.3) is 0 Å². The zero-order valence-corrected chi connectivity index (χ0v) is 16.9. The van der Waals surface area contributed by atoms with Crippen LogP contribution in [0, 0.1) is 5.92 Å². The summed E-state index contributed by atoms with van der Waals surface area (Å²) in [6.07, 6.45) is 3.63. The van der Waals surface area contributed by atoms with Gasteiger partial charge in [-0.15, -0.1) is 0 Å². The van der Waals surface area contributed by atoms with Gasteiger partial charge in [0, 0.05) is 23.0 Å². The molecule has 0 saturated carbocycles. The third-order valence-corrected chi connectivity index (χ3v) is 7.05. The molecule has 2 nitrogen and oxygen atoms in total. The van der Waals surface area contributed by atoms with Crippen LogP contribution >= 0.6 is 34.8 Å². The summed E-state index contributed by atoms with van der Waals surface area (Å²) in [6.45, 7) is 0.689. The fraction of sp³-hybridized carbons (Fsp3) is 0.429. The first-order valence-corrected chi connectivity index (χ1v) is 10.2. The number of ether oxygens (including phenoxy) is 1. The van der Waals surface area contributed by atoms with Crippen LogP contribution in [-0.2, 0) is 0 Å². The summed E-state index contributed by atoms with van der Waals surface area (Å²) in [6, 6.07) is 14.9. The predicted molar refractivity (Wildman–Crippen MR) is 109 cm³/mol. The van der Waals surface area contributed by atoms with E-state index in [0.29, 0.717) is 40.6 Å². The molecule has 4 atom stereocenters. The molecule has 2 aliphatic heterocycles. The van der Waals surface area contributed by atoms with Crippen molar-refractivity contribution in [2.45, 2.75) is 37.3 Å². The first-order chi connectivity index (χ1) is 12.5. The Bertz CT molecular complexity index is 779. The predicted octanol–water partition coefficient (Wildman–Crippen LogP) is 6.29. The van der Waals surface area contributed by atoms with Crippen molar-refractivity contribution >= 4 is 34.8 Å². The van der Waals surface area contributed by atoms with Crippen LogP contribution in [-0.4, -0.2) is 30.6 Å². The van der Waals surface area contributed by atoms with E-state index < -0.39 is 0 Å². The molecular formula is C21H22Cl3NO. The molecule has 0 amide bonds. The molecule has 2 fully saturated rings. The topological polar surface area (TPSA) is 12.5 Å². The molecule has 2 aromatic rings. The van der Waals surface area contributed by atoms with E-state index in [2.05, 4.69) is 18.0 Å². The van der Waals surface area contributed by atoms with E-state index in [9.17, 15) is 0 Å². The molecule has 5 heteroatoms. The molecule has 2 aliphatic rings. The Kier molecular flexibility index (Phi) is 5.38. The highest BCUT2D eigenvalue weighted by Crippen LogP contribution is 2.47. The molecule has 0 aliphatic carbocycles. The lowest BCUT2D eigenvalue weighted by molar-refractivity contribution is 0.0666. The van der Waals surface area contributed by atoms with Gasteiger partial charge in [0.1, 0.15) is 5.75 Å². The van der Waals surface area contributed by atoms with Crippen LogP contribution in [0.15, 0.2) is 42.5 Å². The molecule has 2 bridgehead atoms. The lowest BCUT2D eigenvalue weighted by Crippen LogP contribution is -2.47. The fourth-order valence-corrected chi connectivity index (χ4v) is 5.09. The largest absolute Gasteiger partial charge is 0.493 e. The SMILES string of the molecule is CN1[C@@H]2CC[C@H]1[C@@H](COc1ccc(Cl)cc1)[C@H](c1ccc(Cl)c(Cl)c1)C2. The first-order valence-electron chi connectivity index (χ1n) is 9.08. The minimum Gasteiger partial charge on any atom is -0.493 e. The van der Waals surface area contributed by atoms with Gasteiger partial charge in [0.05, 0.1) is 16.7 Å². The van der Waals surface area contributed by atoms with E-state index in [4.69, 9.17) is 39.5 Å². The van der Waals surface area contributed by atoms with Crippen molar-refractivity contribution < 1.29 is 4.74 Å². The Hall–Kier alpha value is -0.930. The van der Waals surface area contributed by atoms with Crippen molar-refractivity contribution in [3.8, 4) is 5.75 Å². The summed E-state index contributed by atoms with van der Waals surface area (Å²) in [5.41, 5.74) is 1.27. The van der Waals surface area contributed by atoms with Crippen molar-refractivity contribution in [2.24, 2.45) is 5.92 Å². The molecule has 4 rings (SSSR count). The monoisotopic (exact) mass is 409 g/mol. The maximum Gasteiger partial charge on any atom is 0.119 e.